The van der Waals surface area contributed by atoms with Gasteiger partial charge in [0.15, 0.2) is 0 Å². The lowest BCUT2D eigenvalue weighted by Gasteiger charge is -2.31. The lowest BCUT2D eigenvalue weighted by molar-refractivity contribution is 0.0934. The molecule has 14 heavy (non-hydrogen) atoms. The molecule has 76 valence electrons. The van der Waals surface area contributed by atoms with E-state index in [0.29, 0.717) is 18.8 Å². The van der Waals surface area contributed by atoms with Gasteiger partial charge in [0.05, 0.1) is 30.7 Å². The van der Waals surface area contributed by atoms with Crippen LogP contribution in [0.15, 0.2) is 18.5 Å². The fourth-order valence-corrected chi connectivity index (χ4v) is 1.72. The van der Waals surface area contributed by atoms with Gasteiger partial charge < -0.3 is 15.4 Å². The van der Waals surface area contributed by atoms with Gasteiger partial charge in [0.25, 0.3) is 0 Å². The van der Waals surface area contributed by atoms with Gasteiger partial charge in [-0.25, -0.2) is 0 Å². The molecule has 0 amide bonds. The average molecular weight is 214 g/mol. The van der Waals surface area contributed by atoms with E-state index in [2.05, 4.69) is 9.88 Å². The molecule has 2 heterocycles. The summed E-state index contributed by atoms with van der Waals surface area (Å²) in [5, 5.41) is 0. The summed E-state index contributed by atoms with van der Waals surface area (Å²) in [5.41, 5.74) is 7.07. The van der Waals surface area contributed by atoms with Crippen LogP contribution in [0.5, 0.6) is 0 Å². The topological polar surface area (TPSA) is 51.4 Å². The second-order valence-corrected chi connectivity index (χ2v) is 3.69. The van der Waals surface area contributed by atoms with Crippen molar-refractivity contribution in [3.8, 4) is 0 Å². The van der Waals surface area contributed by atoms with Crippen molar-refractivity contribution in [2.45, 2.75) is 5.56 Å². The predicted octanol–water partition coefficient (Wildman–Crippen LogP) is 1.07. The van der Waals surface area contributed by atoms with Crippen LogP contribution in [-0.4, -0.2) is 30.2 Å². The molecule has 1 aliphatic heterocycles. The molecule has 0 aliphatic carbocycles. The number of hydrogen-bond donors (Lipinski definition) is 1. The van der Waals surface area contributed by atoms with E-state index in [9.17, 15) is 0 Å². The van der Waals surface area contributed by atoms with Crippen molar-refractivity contribution >= 4 is 23.0 Å². The Labute approximate surface area is 87.6 Å². The lowest BCUT2D eigenvalue weighted by Crippen LogP contribution is -2.40. The average Bonchev–Trinajstić information content (AvgIpc) is 2.18. The van der Waals surface area contributed by atoms with Crippen LogP contribution in [0.3, 0.4) is 0 Å². The first kappa shape index (κ1) is 9.55. The number of halogens is 1. The van der Waals surface area contributed by atoms with Crippen LogP contribution in [-0.2, 0) is 4.74 Å². The van der Waals surface area contributed by atoms with Gasteiger partial charge in [-0.05, 0) is 6.07 Å². The summed E-state index contributed by atoms with van der Waals surface area (Å²) < 4.78 is 5.23. The Hall–Kier alpha value is -1.00. The molecule has 0 aromatic carbocycles. The van der Waals surface area contributed by atoms with Crippen LogP contribution in [0.2, 0.25) is 0 Å². The lowest BCUT2D eigenvalue weighted by atomic mass is 10.3. The standard InChI is InChI=1S/C9H12ClN3O/c10-9-6-13(1-2-14-9)8-3-7(11)4-12-5-8/h3-5,9H,1-2,6,11H2. The summed E-state index contributed by atoms with van der Waals surface area (Å²) in [7, 11) is 0. The molecule has 2 N–H and O–H groups in total. The zero-order valence-corrected chi connectivity index (χ0v) is 8.44. The number of pyridine rings is 1. The molecule has 1 atom stereocenters. The van der Waals surface area contributed by atoms with E-state index in [1.807, 2.05) is 6.07 Å². The second-order valence-electron chi connectivity index (χ2n) is 3.20. The number of alkyl halides is 1. The highest BCUT2D eigenvalue weighted by atomic mass is 35.5. The minimum Gasteiger partial charge on any atom is -0.397 e. The summed E-state index contributed by atoms with van der Waals surface area (Å²) >= 11 is 5.89. The molecule has 4 nitrogen and oxygen atoms in total. The number of anilines is 2. The summed E-state index contributed by atoms with van der Waals surface area (Å²) in [6.45, 7) is 2.14. The fourth-order valence-electron chi connectivity index (χ4n) is 1.46. The van der Waals surface area contributed by atoms with E-state index in [1.165, 1.54) is 0 Å². The third-order valence-electron chi connectivity index (χ3n) is 2.13. The number of nitrogens with two attached hydrogens (primary N) is 1. The highest BCUT2D eigenvalue weighted by Gasteiger charge is 2.18. The highest BCUT2D eigenvalue weighted by Crippen LogP contribution is 2.19. The monoisotopic (exact) mass is 213 g/mol. The van der Waals surface area contributed by atoms with Gasteiger partial charge in [0.2, 0.25) is 0 Å². The molecule has 0 bridgehead atoms. The maximum atomic E-state index is 5.89. The predicted molar refractivity (Wildman–Crippen MR) is 56.5 cm³/mol. The van der Waals surface area contributed by atoms with Crippen LogP contribution < -0.4 is 10.6 Å². The van der Waals surface area contributed by atoms with E-state index in [0.717, 1.165) is 12.2 Å². The van der Waals surface area contributed by atoms with Gasteiger partial charge in [-0.3, -0.25) is 4.98 Å². The number of hydrogen-bond acceptors (Lipinski definition) is 4. The minimum absolute atomic E-state index is 0.245. The summed E-state index contributed by atoms with van der Waals surface area (Å²) in [5.74, 6) is 0. The van der Waals surface area contributed by atoms with Gasteiger partial charge in [-0.15, -0.1) is 0 Å². The van der Waals surface area contributed by atoms with Crippen LogP contribution in [0.1, 0.15) is 0 Å². The van der Waals surface area contributed by atoms with E-state index < -0.39 is 0 Å². The Morgan fingerprint density at radius 3 is 3.14 bits per heavy atom. The van der Waals surface area contributed by atoms with Crippen molar-refractivity contribution < 1.29 is 4.74 Å². The van der Waals surface area contributed by atoms with Crippen molar-refractivity contribution in [3.05, 3.63) is 18.5 Å². The van der Waals surface area contributed by atoms with Gasteiger partial charge in [-0.1, -0.05) is 11.6 Å². The molecule has 2 rings (SSSR count). The van der Waals surface area contributed by atoms with Gasteiger partial charge >= 0.3 is 0 Å². The van der Waals surface area contributed by atoms with Crippen LogP contribution in [0, 0.1) is 0 Å². The smallest absolute Gasteiger partial charge is 0.148 e. The van der Waals surface area contributed by atoms with Crippen molar-refractivity contribution in [1.82, 2.24) is 4.98 Å². The molecule has 1 aromatic rings. The summed E-state index contributed by atoms with van der Waals surface area (Å²) in [6, 6.07) is 1.89. The maximum Gasteiger partial charge on any atom is 0.148 e. The third-order valence-corrected chi connectivity index (χ3v) is 2.40. The molecule has 0 saturated carbocycles. The molecular formula is C9H12ClN3O. The second kappa shape index (κ2) is 4.02. The first-order chi connectivity index (χ1) is 6.75. The molecule has 1 fully saturated rings. The molecule has 5 heteroatoms. The Bertz CT molecular complexity index is 321. The molecule has 1 aliphatic rings. The Balaban J connectivity index is 2.14. The first-order valence-corrected chi connectivity index (χ1v) is 4.90. The highest BCUT2D eigenvalue weighted by molar-refractivity contribution is 6.20. The van der Waals surface area contributed by atoms with Gasteiger partial charge in [0, 0.05) is 12.7 Å². The van der Waals surface area contributed by atoms with E-state index >= 15 is 0 Å². The summed E-state index contributed by atoms with van der Waals surface area (Å²) in [4.78, 5) is 6.15. The Kier molecular flexibility index (Phi) is 2.74. The van der Waals surface area contributed by atoms with Crippen LogP contribution >= 0.6 is 11.6 Å². The summed E-state index contributed by atoms with van der Waals surface area (Å²) in [6.07, 6.45) is 3.41. The largest absolute Gasteiger partial charge is 0.397 e. The van der Waals surface area contributed by atoms with E-state index in [1.54, 1.807) is 12.4 Å². The van der Waals surface area contributed by atoms with E-state index in [4.69, 9.17) is 22.1 Å². The van der Waals surface area contributed by atoms with Crippen molar-refractivity contribution in [2.75, 3.05) is 30.3 Å². The minimum atomic E-state index is -0.245. The third kappa shape index (κ3) is 2.08. The van der Waals surface area contributed by atoms with Crippen molar-refractivity contribution in [1.29, 1.82) is 0 Å². The molecule has 0 spiro atoms. The number of rotatable bonds is 1. The quantitative estimate of drug-likeness (QED) is 0.709. The molecule has 1 aromatic heterocycles. The number of nitrogen functional groups attached to an aromatic ring is 1. The normalized spacial score (nSPS) is 22.4. The number of morpholine rings is 1. The Morgan fingerprint density at radius 1 is 1.57 bits per heavy atom. The Morgan fingerprint density at radius 2 is 2.43 bits per heavy atom. The van der Waals surface area contributed by atoms with Gasteiger partial charge in [0.1, 0.15) is 5.56 Å². The SMILES string of the molecule is Nc1cncc(N2CCOC(Cl)C2)c1. The number of ether oxygens (including phenoxy) is 1. The van der Waals surface area contributed by atoms with Crippen molar-refractivity contribution in [3.63, 3.8) is 0 Å². The van der Waals surface area contributed by atoms with Crippen LogP contribution in [0.4, 0.5) is 11.4 Å². The number of aromatic nitrogens is 1. The maximum absolute atomic E-state index is 5.89. The van der Waals surface area contributed by atoms with Crippen LogP contribution in [0.25, 0.3) is 0 Å². The number of nitrogens with zero attached hydrogens (tertiary/aromatic N) is 2. The molecule has 1 unspecified atom stereocenters. The zero-order chi connectivity index (χ0) is 9.97. The molecule has 0 radical (unpaired) electrons. The zero-order valence-electron chi connectivity index (χ0n) is 7.69. The molecule has 1 saturated heterocycles. The fraction of sp³-hybridized carbons (Fsp3) is 0.444. The van der Waals surface area contributed by atoms with Crippen molar-refractivity contribution in [2.24, 2.45) is 0 Å². The van der Waals surface area contributed by atoms with E-state index in [-0.39, 0.29) is 5.56 Å². The first-order valence-electron chi connectivity index (χ1n) is 4.47. The van der Waals surface area contributed by atoms with Gasteiger partial charge in [-0.2, -0.15) is 0 Å². The molecular weight excluding hydrogens is 202 g/mol.